The molecular weight excluding hydrogens is 253 g/mol. The van der Waals surface area contributed by atoms with Crippen LogP contribution >= 0.6 is 0 Å². The maximum Gasteiger partial charge on any atom is 0.342 e. The van der Waals surface area contributed by atoms with Crippen molar-refractivity contribution in [3.63, 3.8) is 0 Å². The molecule has 0 aliphatic carbocycles. The summed E-state index contributed by atoms with van der Waals surface area (Å²) in [7, 11) is 0. The van der Waals surface area contributed by atoms with Crippen LogP contribution in [0.2, 0.25) is 0 Å². The summed E-state index contributed by atoms with van der Waals surface area (Å²) in [6.07, 6.45) is 0. The van der Waals surface area contributed by atoms with Crippen LogP contribution in [0.25, 0.3) is 0 Å². The molecule has 0 amide bonds. The van der Waals surface area contributed by atoms with E-state index in [-0.39, 0.29) is 18.9 Å². The molecule has 19 heavy (non-hydrogen) atoms. The summed E-state index contributed by atoms with van der Waals surface area (Å²) in [6.45, 7) is 0.324. The standard InChI is InChI=1S/C11H12FN5O2/c12-8-3-6(4-13)1-2-7(8)5-14-9-10(18)15-11(19)17-16-9/h1-3H,4-5,13H2,(H,14,16)(H2,15,17,18,19). The van der Waals surface area contributed by atoms with E-state index >= 15 is 0 Å². The third-order valence-corrected chi connectivity index (χ3v) is 2.51. The highest BCUT2D eigenvalue weighted by Gasteiger charge is 2.06. The molecule has 8 heteroatoms. The van der Waals surface area contributed by atoms with E-state index in [4.69, 9.17) is 5.73 Å². The van der Waals surface area contributed by atoms with Crippen molar-refractivity contribution in [1.29, 1.82) is 0 Å². The molecule has 0 aliphatic heterocycles. The molecule has 1 aromatic heterocycles. The SMILES string of the molecule is NCc1ccc(CNc2n[nH]c(=O)[nH]c2=O)c(F)c1. The van der Waals surface area contributed by atoms with Crippen molar-refractivity contribution in [2.75, 3.05) is 5.32 Å². The molecule has 0 saturated heterocycles. The molecule has 2 aromatic rings. The fourth-order valence-corrected chi connectivity index (χ4v) is 1.51. The number of anilines is 1. The number of nitrogens with two attached hydrogens (primary N) is 1. The normalized spacial score (nSPS) is 10.4. The molecule has 0 aliphatic rings. The van der Waals surface area contributed by atoms with Crippen molar-refractivity contribution >= 4 is 5.82 Å². The van der Waals surface area contributed by atoms with Crippen LogP contribution in [0.5, 0.6) is 0 Å². The van der Waals surface area contributed by atoms with Gasteiger partial charge in [0.1, 0.15) is 5.82 Å². The van der Waals surface area contributed by atoms with Gasteiger partial charge in [0.15, 0.2) is 0 Å². The molecule has 100 valence electrons. The van der Waals surface area contributed by atoms with Crippen LogP contribution in [0.15, 0.2) is 27.8 Å². The smallest absolute Gasteiger partial charge is 0.342 e. The second-order valence-electron chi connectivity index (χ2n) is 3.84. The lowest BCUT2D eigenvalue weighted by atomic mass is 10.1. The van der Waals surface area contributed by atoms with Gasteiger partial charge in [0.2, 0.25) is 5.82 Å². The summed E-state index contributed by atoms with van der Waals surface area (Å²) in [6, 6.07) is 4.61. The summed E-state index contributed by atoms with van der Waals surface area (Å²) in [5, 5.41) is 8.24. The van der Waals surface area contributed by atoms with E-state index < -0.39 is 17.1 Å². The monoisotopic (exact) mass is 265 g/mol. The molecule has 0 spiro atoms. The summed E-state index contributed by atoms with van der Waals surface area (Å²) >= 11 is 0. The van der Waals surface area contributed by atoms with Gasteiger partial charge in [-0.1, -0.05) is 12.1 Å². The minimum absolute atomic E-state index is 0.0683. The van der Waals surface area contributed by atoms with E-state index in [0.717, 1.165) is 0 Å². The van der Waals surface area contributed by atoms with E-state index in [1.165, 1.54) is 6.07 Å². The van der Waals surface area contributed by atoms with Crippen LogP contribution in [0.4, 0.5) is 10.2 Å². The number of aromatic amines is 2. The van der Waals surface area contributed by atoms with Gasteiger partial charge in [-0.15, -0.1) is 5.10 Å². The Morgan fingerprint density at radius 3 is 2.79 bits per heavy atom. The van der Waals surface area contributed by atoms with Gasteiger partial charge < -0.3 is 11.1 Å². The zero-order valence-electron chi connectivity index (χ0n) is 9.87. The highest BCUT2D eigenvalue weighted by atomic mass is 19.1. The van der Waals surface area contributed by atoms with Crippen LogP contribution in [0.1, 0.15) is 11.1 Å². The quantitative estimate of drug-likeness (QED) is 0.604. The van der Waals surface area contributed by atoms with Crippen molar-refractivity contribution in [2.24, 2.45) is 5.73 Å². The molecule has 1 aromatic carbocycles. The number of halogens is 1. The highest BCUT2D eigenvalue weighted by molar-refractivity contribution is 5.32. The lowest BCUT2D eigenvalue weighted by molar-refractivity contribution is 0.610. The molecule has 0 atom stereocenters. The number of benzene rings is 1. The van der Waals surface area contributed by atoms with Gasteiger partial charge in [-0.3, -0.25) is 9.78 Å². The first kappa shape index (κ1) is 13.0. The van der Waals surface area contributed by atoms with Crippen molar-refractivity contribution in [1.82, 2.24) is 15.2 Å². The van der Waals surface area contributed by atoms with Crippen LogP contribution in [0, 0.1) is 5.82 Å². The molecule has 7 nitrogen and oxygen atoms in total. The van der Waals surface area contributed by atoms with Crippen molar-refractivity contribution in [3.8, 4) is 0 Å². The Kier molecular flexibility index (Phi) is 3.71. The van der Waals surface area contributed by atoms with Crippen LogP contribution in [-0.4, -0.2) is 15.2 Å². The van der Waals surface area contributed by atoms with Crippen LogP contribution in [0.3, 0.4) is 0 Å². The van der Waals surface area contributed by atoms with Crippen LogP contribution < -0.4 is 22.3 Å². The predicted molar refractivity (Wildman–Crippen MR) is 67.1 cm³/mol. The molecule has 0 bridgehead atoms. The molecular formula is C11H12FN5O2. The summed E-state index contributed by atoms with van der Waals surface area (Å²) in [4.78, 5) is 24.1. The second-order valence-corrected chi connectivity index (χ2v) is 3.84. The first-order valence-electron chi connectivity index (χ1n) is 5.50. The highest BCUT2D eigenvalue weighted by Crippen LogP contribution is 2.11. The first-order chi connectivity index (χ1) is 9.10. The Labute approximate surface area is 106 Å². The van der Waals surface area contributed by atoms with Crippen molar-refractivity contribution < 1.29 is 4.39 Å². The lowest BCUT2D eigenvalue weighted by Crippen LogP contribution is -2.26. The van der Waals surface area contributed by atoms with Gasteiger partial charge in [-0.25, -0.2) is 14.3 Å². The minimum atomic E-state index is -0.700. The number of hydrogen-bond acceptors (Lipinski definition) is 5. The van der Waals surface area contributed by atoms with Gasteiger partial charge in [0.25, 0.3) is 5.56 Å². The van der Waals surface area contributed by atoms with Gasteiger partial charge in [-0.05, 0) is 11.6 Å². The minimum Gasteiger partial charge on any atom is -0.360 e. The van der Waals surface area contributed by atoms with Crippen molar-refractivity contribution in [3.05, 3.63) is 56.0 Å². The number of nitrogens with zero attached hydrogens (tertiary/aromatic N) is 1. The van der Waals surface area contributed by atoms with Gasteiger partial charge in [0.05, 0.1) is 0 Å². The number of H-pyrrole nitrogens is 2. The first-order valence-corrected chi connectivity index (χ1v) is 5.50. The van der Waals surface area contributed by atoms with Crippen molar-refractivity contribution in [2.45, 2.75) is 13.1 Å². The average molecular weight is 265 g/mol. The Hall–Kier alpha value is -2.48. The molecule has 0 fully saturated rings. The number of aromatic nitrogens is 3. The van der Waals surface area contributed by atoms with E-state index in [1.807, 2.05) is 4.98 Å². The van der Waals surface area contributed by atoms with E-state index in [9.17, 15) is 14.0 Å². The Bertz CT molecular complexity index is 694. The predicted octanol–water partition coefficient (Wildman–Crippen LogP) is -0.332. The van der Waals surface area contributed by atoms with E-state index in [1.54, 1.807) is 12.1 Å². The molecule has 0 unspecified atom stereocenters. The Balaban J connectivity index is 2.14. The topological polar surface area (TPSA) is 117 Å². The Morgan fingerprint density at radius 1 is 1.37 bits per heavy atom. The number of nitrogens with one attached hydrogen (secondary N) is 3. The van der Waals surface area contributed by atoms with Gasteiger partial charge in [-0.2, -0.15) is 0 Å². The number of rotatable bonds is 4. The maximum absolute atomic E-state index is 13.6. The van der Waals surface area contributed by atoms with Gasteiger partial charge in [0, 0.05) is 18.7 Å². The van der Waals surface area contributed by atoms with Gasteiger partial charge >= 0.3 is 5.69 Å². The summed E-state index contributed by atoms with van der Waals surface area (Å²) < 4.78 is 13.6. The number of hydrogen-bond donors (Lipinski definition) is 4. The maximum atomic E-state index is 13.6. The fraction of sp³-hybridized carbons (Fsp3) is 0.182. The molecule has 1 heterocycles. The summed E-state index contributed by atoms with van der Waals surface area (Å²) in [5.74, 6) is -0.502. The molecule has 5 N–H and O–H groups in total. The third-order valence-electron chi connectivity index (χ3n) is 2.51. The molecule has 0 saturated carbocycles. The van der Waals surface area contributed by atoms with E-state index in [2.05, 4.69) is 15.5 Å². The largest absolute Gasteiger partial charge is 0.360 e. The Morgan fingerprint density at radius 2 is 2.16 bits per heavy atom. The fourth-order valence-electron chi connectivity index (χ4n) is 1.51. The summed E-state index contributed by atoms with van der Waals surface area (Å²) in [5.41, 5.74) is 5.08. The zero-order chi connectivity index (χ0) is 13.8. The molecule has 0 radical (unpaired) electrons. The van der Waals surface area contributed by atoms with E-state index in [0.29, 0.717) is 11.1 Å². The third kappa shape index (κ3) is 3.05. The zero-order valence-corrected chi connectivity index (χ0v) is 9.87. The molecule has 2 rings (SSSR count). The average Bonchev–Trinajstić information content (AvgIpc) is 2.39. The second kappa shape index (κ2) is 5.44. The van der Waals surface area contributed by atoms with Crippen LogP contribution in [-0.2, 0) is 13.1 Å². The lowest BCUT2D eigenvalue weighted by Gasteiger charge is -2.06.